The first-order valence-electron chi connectivity index (χ1n) is 4.67. The lowest BCUT2D eigenvalue weighted by molar-refractivity contribution is 0.372. The van der Waals surface area contributed by atoms with Crippen LogP contribution >= 0.6 is 11.8 Å². The van der Waals surface area contributed by atoms with Gasteiger partial charge in [0.1, 0.15) is 5.03 Å². The second-order valence-corrected chi connectivity index (χ2v) is 4.32. The highest BCUT2D eigenvalue weighted by atomic mass is 32.2. The summed E-state index contributed by atoms with van der Waals surface area (Å²) in [4.78, 5) is 8.50. The third-order valence-corrected chi connectivity index (χ3v) is 2.99. The highest BCUT2D eigenvalue weighted by molar-refractivity contribution is 7.98. The number of rotatable bonds is 3. The van der Waals surface area contributed by atoms with E-state index in [0.29, 0.717) is 18.0 Å². The third kappa shape index (κ3) is 2.16. The van der Waals surface area contributed by atoms with Gasteiger partial charge in [0.2, 0.25) is 5.95 Å². The molecule has 76 valence electrons. The first-order chi connectivity index (χ1) is 6.78. The molecule has 4 nitrogen and oxygen atoms in total. The Labute approximate surface area is 87.7 Å². The smallest absolute Gasteiger partial charge is 0.223 e. The van der Waals surface area contributed by atoms with E-state index in [4.69, 9.17) is 5.73 Å². The molecule has 0 unspecified atom stereocenters. The van der Waals surface area contributed by atoms with E-state index in [2.05, 4.69) is 15.3 Å². The summed E-state index contributed by atoms with van der Waals surface area (Å²) in [5, 5.41) is 4.26. The van der Waals surface area contributed by atoms with Gasteiger partial charge in [0, 0.05) is 18.3 Å². The van der Waals surface area contributed by atoms with Gasteiger partial charge in [-0.2, -0.15) is 0 Å². The van der Waals surface area contributed by atoms with Crippen LogP contribution in [0.15, 0.2) is 17.3 Å². The molecule has 1 saturated carbocycles. The van der Waals surface area contributed by atoms with Crippen LogP contribution in [0.25, 0.3) is 0 Å². The maximum absolute atomic E-state index is 5.69. The zero-order chi connectivity index (χ0) is 9.97. The van der Waals surface area contributed by atoms with Crippen LogP contribution in [0.5, 0.6) is 0 Å². The maximum Gasteiger partial charge on any atom is 0.223 e. The molecule has 0 atom stereocenters. The molecule has 5 heteroatoms. The molecule has 3 N–H and O–H groups in total. The molecular formula is C9H14N4S. The number of hydrogen-bond donors (Lipinski definition) is 2. The molecule has 1 aliphatic rings. The van der Waals surface area contributed by atoms with E-state index >= 15 is 0 Å². The number of aromatic nitrogens is 2. The Kier molecular flexibility index (Phi) is 2.88. The molecule has 14 heavy (non-hydrogen) atoms. The van der Waals surface area contributed by atoms with Crippen molar-refractivity contribution in [3.8, 4) is 0 Å². The summed E-state index contributed by atoms with van der Waals surface area (Å²) in [6, 6.07) is 2.72. The molecule has 1 heterocycles. The molecular weight excluding hydrogens is 196 g/mol. The largest absolute Gasteiger partial charge is 0.351 e. The predicted octanol–water partition coefficient (Wildman–Crippen LogP) is 1.10. The maximum atomic E-state index is 5.69. The summed E-state index contributed by atoms with van der Waals surface area (Å²) in [7, 11) is 0. The minimum Gasteiger partial charge on any atom is -0.351 e. The lowest BCUT2D eigenvalue weighted by atomic mass is 9.88. The fraction of sp³-hybridized carbons (Fsp3) is 0.556. The second kappa shape index (κ2) is 4.14. The van der Waals surface area contributed by atoms with Crippen LogP contribution in [0.1, 0.15) is 12.8 Å². The van der Waals surface area contributed by atoms with Crippen molar-refractivity contribution in [3.05, 3.63) is 12.3 Å². The van der Waals surface area contributed by atoms with Crippen molar-refractivity contribution in [2.45, 2.75) is 30.0 Å². The van der Waals surface area contributed by atoms with Gasteiger partial charge in [0.25, 0.3) is 0 Å². The summed E-state index contributed by atoms with van der Waals surface area (Å²) in [5.74, 6) is 0.716. The SMILES string of the molecule is CSc1ccnc(NC2CC(N)C2)n1. The van der Waals surface area contributed by atoms with Crippen LogP contribution in [-0.4, -0.2) is 28.3 Å². The molecule has 0 bridgehead atoms. The van der Waals surface area contributed by atoms with Crippen LogP contribution in [0.4, 0.5) is 5.95 Å². The molecule has 0 saturated heterocycles. The Morgan fingerprint density at radius 1 is 1.57 bits per heavy atom. The second-order valence-electron chi connectivity index (χ2n) is 3.50. The zero-order valence-electron chi connectivity index (χ0n) is 8.10. The lowest BCUT2D eigenvalue weighted by Gasteiger charge is -2.32. The zero-order valence-corrected chi connectivity index (χ0v) is 8.92. The van der Waals surface area contributed by atoms with Crippen molar-refractivity contribution >= 4 is 17.7 Å². The van der Waals surface area contributed by atoms with E-state index < -0.39 is 0 Å². The van der Waals surface area contributed by atoms with Crippen molar-refractivity contribution in [3.63, 3.8) is 0 Å². The quantitative estimate of drug-likeness (QED) is 0.578. The van der Waals surface area contributed by atoms with Gasteiger partial charge >= 0.3 is 0 Å². The Hall–Kier alpha value is -0.810. The minimum atomic E-state index is 0.358. The van der Waals surface area contributed by atoms with E-state index in [1.54, 1.807) is 18.0 Å². The fourth-order valence-electron chi connectivity index (χ4n) is 1.49. The van der Waals surface area contributed by atoms with Crippen molar-refractivity contribution in [1.82, 2.24) is 9.97 Å². The van der Waals surface area contributed by atoms with E-state index in [-0.39, 0.29) is 0 Å². The number of hydrogen-bond acceptors (Lipinski definition) is 5. The Balaban J connectivity index is 1.95. The molecule has 1 fully saturated rings. The molecule has 1 aromatic rings. The van der Waals surface area contributed by atoms with Crippen molar-refractivity contribution in [2.24, 2.45) is 5.73 Å². The van der Waals surface area contributed by atoms with Crippen molar-refractivity contribution in [1.29, 1.82) is 0 Å². The number of nitrogens with zero attached hydrogens (tertiary/aromatic N) is 2. The van der Waals surface area contributed by atoms with Crippen molar-refractivity contribution < 1.29 is 0 Å². The molecule has 1 aromatic heterocycles. The van der Waals surface area contributed by atoms with Crippen LogP contribution in [0.2, 0.25) is 0 Å². The topological polar surface area (TPSA) is 63.8 Å². The predicted molar refractivity (Wildman–Crippen MR) is 58.4 cm³/mol. The van der Waals surface area contributed by atoms with Crippen LogP contribution in [-0.2, 0) is 0 Å². The molecule has 1 aliphatic carbocycles. The van der Waals surface area contributed by atoms with Crippen LogP contribution in [0, 0.1) is 0 Å². The summed E-state index contributed by atoms with van der Waals surface area (Å²) < 4.78 is 0. The molecule has 0 aliphatic heterocycles. The van der Waals surface area contributed by atoms with Gasteiger partial charge in [-0.1, -0.05) is 0 Å². The molecule has 0 aromatic carbocycles. The first-order valence-corrected chi connectivity index (χ1v) is 5.89. The third-order valence-electron chi connectivity index (χ3n) is 2.35. The highest BCUT2D eigenvalue weighted by Gasteiger charge is 2.26. The summed E-state index contributed by atoms with van der Waals surface area (Å²) >= 11 is 1.62. The van der Waals surface area contributed by atoms with E-state index in [9.17, 15) is 0 Å². The first kappa shape index (κ1) is 9.73. The number of nitrogens with one attached hydrogen (secondary N) is 1. The van der Waals surface area contributed by atoms with E-state index in [1.165, 1.54) is 0 Å². The Morgan fingerprint density at radius 2 is 2.36 bits per heavy atom. The van der Waals surface area contributed by atoms with E-state index in [1.807, 2.05) is 12.3 Å². The van der Waals surface area contributed by atoms with Gasteiger partial charge < -0.3 is 11.1 Å². The summed E-state index contributed by atoms with van der Waals surface area (Å²) in [5.41, 5.74) is 5.69. The molecule has 2 rings (SSSR count). The van der Waals surface area contributed by atoms with Crippen LogP contribution in [0.3, 0.4) is 0 Å². The molecule has 0 amide bonds. The number of anilines is 1. The summed E-state index contributed by atoms with van der Waals surface area (Å²) in [6.07, 6.45) is 5.82. The summed E-state index contributed by atoms with van der Waals surface area (Å²) in [6.45, 7) is 0. The fourth-order valence-corrected chi connectivity index (χ4v) is 1.86. The minimum absolute atomic E-state index is 0.358. The van der Waals surface area contributed by atoms with Crippen molar-refractivity contribution in [2.75, 3.05) is 11.6 Å². The average Bonchev–Trinajstić information content (AvgIpc) is 2.16. The number of nitrogens with two attached hydrogens (primary N) is 1. The van der Waals surface area contributed by atoms with Crippen LogP contribution < -0.4 is 11.1 Å². The number of thioether (sulfide) groups is 1. The van der Waals surface area contributed by atoms with Gasteiger partial charge in [-0.3, -0.25) is 0 Å². The normalized spacial score (nSPS) is 25.6. The Morgan fingerprint density at radius 3 is 3.00 bits per heavy atom. The van der Waals surface area contributed by atoms with Gasteiger partial charge in [-0.05, 0) is 25.2 Å². The van der Waals surface area contributed by atoms with Gasteiger partial charge in [0.15, 0.2) is 0 Å². The Bertz CT molecular complexity index is 311. The van der Waals surface area contributed by atoms with Gasteiger partial charge in [-0.25, -0.2) is 9.97 Å². The van der Waals surface area contributed by atoms with Gasteiger partial charge in [-0.15, -0.1) is 11.8 Å². The average molecular weight is 210 g/mol. The monoisotopic (exact) mass is 210 g/mol. The highest BCUT2D eigenvalue weighted by Crippen LogP contribution is 2.21. The standard InChI is InChI=1S/C9H14N4S/c1-14-8-2-3-11-9(13-8)12-7-4-6(10)5-7/h2-3,6-7H,4-5,10H2,1H3,(H,11,12,13). The van der Waals surface area contributed by atoms with Gasteiger partial charge in [0.05, 0.1) is 0 Å². The molecule has 0 radical (unpaired) electrons. The van der Waals surface area contributed by atoms with E-state index in [0.717, 1.165) is 17.9 Å². The molecule has 0 spiro atoms. The lowest BCUT2D eigenvalue weighted by Crippen LogP contribution is -2.44.